The Kier molecular flexibility index (Phi) is 6.25. The molecular formula is C22H19NO5. The number of benzene rings is 3. The lowest BCUT2D eigenvalue weighted by molar-refractivity contribution is 0.0698. The van der Waals surface area contributed by atoms with Crippen LogP contribution in [0.15, 0.2) is 78.9 Å². The average molecular weight is 377 g/mol. The van der Waals surface area contributed by atoms with Crippen molar-refractivity contribution in [2.45, 2.75) is 0 Å². The minimum atomic E-state index is -1.10. The minimum absolute atomic E-state index is 0.0363. The molecule has 1 amide bonds. The van der Waals surface area contributed by atoms with Crippen molar-refractivity contribution in [3.05, 3.63) is 90.0 Å². The van der Waals surface area contributed by atoms with Gasteiger partial charge in [-0.1, -0.05) is 30.3 Å². The molecule has 0 unspecified atom stereocenters. The van der Waals surface area contributed by atoms with Crippen LogP contribution in [-0.4, -0.2) is 30.2 Å². The average Bonchev–Trinajstić information content (AvgIpc) is 2.72. The van der Waals surface area contributed by atoms with Gasteiger partial charge in [-0.05, 0) is 48.5 Å². The molecule has 0 atom stereocenters. The smallest absolute Gasteiger partial charge is 0.337 e. The standard InChI is InChI=1S/C22H19NO5/c24-21(23-20-9-5-4-8-19(20)22(25)26)16-10-12-18(13-11-16)28-15-14-27-17-6-2-1-3-7-17/h1-13H,14-15H2,(H,23,24)(H,25,26). The molecule has 3 rings (SSSR count). The Labute approximate surface area is 162 Å². The maximum atomic E-state index is 12.4. The highest BCUT2D eigenvalue weighted by atomic mass is 16.5. The number of carbonyl (C=O) groups excluding carboxylic acids is 1. The molecule has 0 aliphatic heterocycles. The first-order valence-electron chi connectivity index (χ1n) is 8.68. The van der Waals surface area contributed by atoms with Crippen LogP contribution in [0.1, 0.15) is 20.7 Å². The Bertz CT molecular complexity index is 939. The molecule has 0 saturated carbocycles. The summed E-state index contributed by atoms with van der Waals surface area (Å²) in [5.41, 5.74) is 0.681. The molecule has 3 aromatic rings. The fourth-order valence-corrected chi connectivity index (χ4v) is 2.51. The topological polar surface area (TPSA) is 84.9 Å². The highest BCUT2D eigenvalue weighted by Gasteiger charge is 2.13. The van der Waals surface area contributed by atoms with Gasteiger partial charge in [0.05, 0.1) is 11.3 Å². The number of carboxylic acid groups (broad SMARTS) is 1. The van der Waals surface area contributed by atoms with E-state index in [2.05, 4.69) is 5.32 Å². The summed E-state index contributed by atoms with van der Waals surface area (Å²) in [7, 11) is 0. The number of nitrogens with one attached hydrogen (secondary N) is 1. The van der Waals surface area contributed by atoms with E-state index in [-0.39, 0.29) is 11.3 Å². The number of carboxylic acids is 1. The van der Waals surface area contributed by atoms with Crippen LogP contribution in [0.5, 0.6) is 11.5 Å². The van der Waals surface area contributed by atoms with Gasteiger partial charge in [0.25, 0.3) is 5.91 Å². The predicted molar refractivity (Wildman–Crippen MR) is 105 cm³/mol. The number of amides is 1. The van der Waals surface area contributed by atoms with Crippen LogP contribution >= 0.6 is 0 Å². The Morgan fingerprint density at radius 3 is 1.96 bits per heavy atom. The number of hydrogen-bond donors (Lipinski definition) is 2. The summed E-state index contributed by atoms with van der Waals surface area (Å²) in [6.45, 7) is 0.768. The maximum absolute atomic E-state index is 12.4. The molecule has 0 saturated heterocycles. The second-order valence-corrected chi connectivity index (χ2v) is 5.84. The van der Waals surface area contributed by atoms with Gasteiger partial charge >= 0.3 is 5.97 Å². The molecule has 3 aromatic carbocycles. The van der Waals surface area contributed by atoms with Gasteiger partial charge < -0.3 is 19.9 Å². The Balaban J connectivity index is 1.52. The van der Waals surface area contributed by atoms with E-state index in [9.17, 15) is 14.7 Å². The normalized spacial score (nSPS) is 10.1. The fraction of sp³-hybridized carbons (Fsp3) is 0.0909. The molecule has 0 aromatic heterocycles. The first-order valence-corrected chi connectivity index (χ1v) is 8.68. The zero-order chi connectivity index (χ0) is 19.8. The Hall–Kier alpha value is -3.80. The maximum Gasteiger partial charge on any atom is 0.337 e. The monoisotopic (exact) mass is 377 g/mol. The van der Waals surface area contributed by atoms with E-state index in [1.165, 1.54) is 6.07 Å². The van der Waals surface area contributed by atoms with Crippen LogP contribution < -0.4 is 14.8 Å². The van der Waals surface area contributed by atoms with Crippen LogP contribution in [0, 0.1) is 0 Å². The molecule has 0 spiro atoms. The number of aromatic carboxylic acids is 1. The van der Waals surface area contributed by atoms with Crippen molar-refractivity contribution in [3.8, 4) is 11.5 Å². The van der Waals surface area contributed by atoms with Crippen LogP contribution in [0.25, 0.3) is 0 Å². The molecule has 0 radical (unpaired) electrons. The van der Waals surface area contributed by atoms with Crippen molar-refractivity contribution in [2.24, 2.45) is 0 Å². The second kappa shape index (κ2) is 9.23. The highest BCUT2D eigenvalue weighted by Crippen LogP contribution is 2.18. The fourth-order valence-electron chi connectivity index (χ4n) is 2.51. The van der Waals surface area contributed by atoms with Crippen LogP contribution in [0.4, 0.5) is 5.69 Å². The Morgan fingerprint density at radius 2 is 1.32 bits per heavy atom. The first-order chi connectivity index (χ1) is 13.6. The number of para-hydroxylation sites is 2. The highest BCUT2D eigenvalue weighted by molar-refractivity contribution is 6.07. The van der Waals surface area contributed by atoms with Crippen molar-refractivity contribution in [2.75, 3.05) is 18.5 Å². The molecule has 2 N–H and O–H groups in total. The molecule has 0 aliphatic rings. The van der Waals surface area contributed by atoms with E-state index in [0.29, 0.717) is 24.5 Å². The van der Waals surface area contributed by atoms with Crippen LogP contribution in [0.2, 0.25) is 0 Å². The summed E-state index contributed by atoms with van der Waals surface area (Å²) in [4.78, 5) is 23.6. The van der Waals surface area contributed by atoms with Gasteiger partial charge in [0.2, 0.25) is 0 Å². The summed E-state index contributed by atoms with van der Waals surface area (Å²) in [6.07, 6.45) is 0. The molecule has 0 heterocycles. The minimum Gasteiger partial charge on any atom is -0.490 e. The number of hydrogen-bond acceptors (Lipinski definition) is 4. The number of rotatable bonds is 8. The zero-order valence-corrected chi connectivity index (χ0v) is 15.0. The summed E-state index contributed by atoms with van der Waals surface area (Å²) in [5.74, 6) is -0.107. The molecule has 6 heteroatoms. The van der Waals surface area contributed by atoms with E-state index in [4.69, 9.17) is 9.47 Å². The molecule has 0 aliphatic carbocycles. The van der Waals surface area contributed by atoms with Crippen molar-refractivity contribution in [1.82, 2.24) is 0 Å². The van der Waals surface area contributed by atoms with Crippen molar-refractivity contribution >= 4 is 17.6 Å². The first kappa shape index (κ1) is 19.0. The summed E-state index contributed by atoms with van der Waals surface area (Å²) < 4.78 is 11.1. The Morgan fingerprint density at radius 1 is 0.750 bits per heavy atom. The van der Waals surface area contributed by atoms with Gasteiger partial charge in [0.15, 0.2) is 0 Å². The third kappa shape index (κ3) is 5.11. The van der Waals surface area contributed by atoms with E-state index < -0.39 is 11.9 Å². The number of anilines is 1. The SMILES string of the molecule is O=C(Nc1ccccc1C(=O)O)c1ccc(OCCOc2ccccc2)cc1. The van der Waals surface area contributed by atoms with E-state index in [0.717, 1.165) is 5.75 Å². The van der Waals surface area contributed by atoms with Gasteiger partial charge in [0.1, 0.15) is 24.7 Å². The lowest BCUT2D eigenvalue weighted by atomic mass is 10.1. The predicted octanol–water partition coefficient (Wildman–Crippen LogP) is 4.09. The molecule has 28 heavy (non-hydrogen) atoms. The molecule has 0 bridgehead atoms. The second-order valence-electron chi connectivity index (χ2n) is 5.84. The third-order valence-electron chi connectivity index (χ3n) is 3.89. The van der Waals surface area contributed by atoms with E-state index >= 15 is 0 Å². The summed E-state index contributed by atoms with van der Waals surface area (Å²) >= 11 is 0. The quantitative estimate of drug-likeness (QED) is 0.578. The summed E-state index contributed by atoms with van der Waals surface area (Å²) in [6, 6.07) is 22.3. The largest absolute Gasteiger partial charge is 0.490 e. The van der Waals surface area contributed by atoms with Gasteiger partial charge in [-0.2, -0.15) is 0 Å². The van der Waals surface area contributed by atoms with Crippen molar-refractivity contribution in [1.29, 1.82) is 0 Å². The van der Waals surface area contributed by atoms with Gasteiger partial charge in [0, 0.05) is 5.56 Å². The molecule has 6 nitrogen and oxygen atoms in total. The number of carbonyl (C=O) groups is 2. The zero-order valence-electron chi connectivity index (χ0n) is 15.0. The van der Waals surface area contributed by atoms with Gasteiger partial charge in [-0.15, -0.1) is 0 Å². The summed E-state index contributed by atoms with van der Waals surface area (Å²) in [5, 5.41) is 11.8. The molecule has 0 fully saturated rings. The van der Waals surface area contributed by atoms with Crippen molar-refractivity contribution in [3.63, 3.8) is 0 Å². The lowest BCUT2D eigenvalue weighted by Crippen LogP contribution is -2.14. The number of ether oxygens (including phenoxy) is 2. The van der Waals surface area contributed by atoms with Gasteiger partial charge in [-0.25, -0.2) is 4.79 Å². The van der Waals surface area contributed by atoms with Crippen LogP contribution in [0.3, 0.4) is 0 Å². The lowest BCUT2D eigenvalue weighted by Gasteiger charge is -2.10. The van der Waals surface area contributed by atoms with Crippen LogP contribution in [-0.2, 0) is 0 Å². The molecule has 142 valence electrons. The van der Waals surface area contributed by atoms with Crippen molar-refractivity contribution < 1.29 is 24.2 Å². The van der Waals surface area contributed by atoms with Gasteiger partial charge in [-0.3, -0.25) is 4.79 Å². The van der Waals surface area contributed by atoms with E-state index in [1.54, 1.807) is 42.5 Å². The van der Waals surface area contributed by atoms with E-state index in [1.807, 2.05) is 30.3 Å². The third-order valence-corrected chi connectivity index (χ3v) is 3.89. The molecular weight excluding hydrogens is 358 g/mol.